The van der Waals surface area contributed by atoms with Crippen LogP contribution in [0.25, 0.3) is 0 Å². The zero-order chi connectivity index (χ0) is 57.5. The van der Waals surface area contributed by atoms with E-state index in [1.54, 1.807) is 0 Å². The summed E-state index contributed by atoms with van der Waals surface area (Å²) in [4.78, 5) is 0. The highest BCUT2D eigenvalue weighted by atomic mass is 32.2. The highest BCUT2D eigenvalue weighted by molar-refractivity contribution is 7.87. The van der Waals surface area contributed by atoms with E-state index < -0.39 is 297 Å². The minimum atomic E-state index is -5.57. The Bertz CT molecular complexity index is 2360. The molecule has 76 heavy (non-hydrogen) atoms. The van der Waals surface area contributed by atoms with E-state index in [1.807, 2.05) is 0 Å². The minimum Gasteiger partial charge on any atom is -0.373 e. The van der Waals surface area contributed by atoms with Crippen molar-refractivity contribution in [1.82, 2.24) is 0 Å². The molecule has 0 saturated carbocycles. The lowest BCUT2D eigenvalue weighted by Gasteiger charge is -2.63. The SMILES string of the molecule is O=S(=O)(O)CCC[Si]12O[Si]3(CCCS(=O)(=O)O)O[Si]4(CCCS(=O)(=O)O)O[Si](CCCS(=O)(=O)O)(O1)O[Si]1(CCCS(=O)(=O)O)O[Si](CCCS(=O)(=O)O)(O2)O[Si](CCCS(=O)(=O)O)(O3)O[Si](CCCS(=O)(=O)O)(O4)O1. The first-order valence-corrected chi connectivity index (χ1v) is 50.5. The smallest absolute Gasteiger partial charge is 0.373 e. The third kappa shape index (κ3) is 21.6. The molecule has 0 aliphatic carbocycles. The van der Waals surface area contributed by atoms with Gasteiger partial charge in [-0.05, 0) is 51.4 Å². The number of hydrogen-bond donors (Lipinski definition) is 8. The summed E-state index contributed by atoms with van der Waals surface area (Å²) in [5, 5.41) is 0. The molecule has 0 aromatic heterocycles. The van der Waals surface area contributed by atoms with E-state index in [9.17, 15) is 104 Å². The highest BCUT2D eigenvalue weighted by Crippen LogP contribution is 2.55. The third-order valence-electron chi connectivity index (χ3n) is 10.8. The largest absolute Gasteiger partial charge is 0.478 e. The van der Waals surface area contributed by atoms with Gasteiger partial charge in [-0.25, -0.2) is 0 Å². The molecule has 0 amide bonds. The van der Waals surface area contributed by atoms with E-state index in [2.05, 4.69) is 0 Å². The Kier molecular flexibility index (Phi) is 21.2. The molecule has 0 unspecified atom stereocenters. The summed E-state index contributed by atoms with van der Waals surface area (Å²) in [7, 11) is -84.2. The molecule has 6 rings (SSSR count). The van der Waals surface area contributed by atoms with Crippen molar-refractivity contribution in [2.45, 2.75) is 99.7 Å². The Balaban J connectivity index is 2.01. The van der Waals surface area contributed by atoms with E-state index >= 15 is 0 Å². The van der Waals surface area contributed by atoms with Crippen LogP contribution in [0.2, 0.25) is 48.4 Å². The first-order valence-electron chi connectivity index (χ1n) is 22.2. The molecular formula is C24H56O36S8Si8. The Morgan fingerprint density at radius 1 is 0.184 bits per heavy atom. The van der Waals surface area contributed by atoms with Crippen molar-refractivity contribution in [2.24, 2.45) is 0 Å². The van der Waals surface area contributed by atoms with Gasteiger partial charge in [0.05, 0.1) is 46.0 Å². The second kappa shape index (κ2) is 23.9. The maximum atomic E-state index is 12.3. The molecule has 6 fully saturated rings. The van der Waals surface area contributed by atoms with Gasteiger partial charge in [0.15, 0.2) is 0 Å². The Morgan fingerprint density at radius 3 is 0.329 bits per heavy atom. The van der Waals surface area contributed by atoms with Crippen LogP contribution in [0.1, 0.15) is 51.4 Å². The van der Waals surface area contributed by atoms with E-state index in [0.29, 0.717) is 0 Å². The van der Waals surface area contributed by atoms with Crippen molar-refractivity contribution in [3.63, 3.8) is 0 Å². The second-order valence-corrected chi connectivity index (χ2v) is 55.1. The van der Waals surface area contributed by atoms with Crippen LogP contribution in [-0.4, -0.2) is 220 Å². The zero-order valence-electron chi connectivity index (χ0n) is 39.2. The van der Waals surface area contributed by atoms with Crippen molar-refractivity contribution in [3.05, 3.63) is 0 Å². The lowest BCUT2D eigenvalue weighted by atomic mass is 10.6. The van der Waals surface area contributed by atoms with E-state index in [-0.39, 0.29) is 0 Å². The molecule has 0 spiro atoms. The molecule has 6 heterocycles. The van der Waals surface area contributed by atoms with Gasteiger partial charge in [0, 0.05) is 48.4 Å². The maximum Gasteiger partial charge on any atom is 0.478 e. The normalized spacial score (nSPS) is 33.6. The van der Waals surface area contributed by atoms with Crippen LogP contribution in [0.4, 0.5) is 0 Å². The first-order chi connectivity index (χ1) is 34.1. The molecule has 6 saturated heterocycles. The van der Waals surface area contributed by atoms with Crippen molar-refractivity contribution in [3.8, 4) is 0 Å². The summed E-state index contributed by atoms with van der Waals surface area (Å²) in [5.74, 6) is -9.34. The van der Waals surface area contributed by atoms with Gasteiger partial charge < -0.3 is 49.4 Å². The van der Waals surface area contributed by atoms with Gasteiger partial charge in [-0.3, -0.25) is 36.4 Å². The molecule has 0 aromatic rings. The van der Waals surface area contributed by atoms with Gasteiger partial charge in [-0.15, -0.1) is 0 Å². The van der Waals surface area contributed by atoms with Gasteiger partial charge >= 0.3 is 70.4 Å². The lowest BCUT2D eigenvalue weighted by molar-refractivity contribution is -0.0305. The molecule has 36 nitrogen and oxygen atoms in total. The van der Waals surface area contributed by atoms with Crippen molar-refractivity contribution < 1.29 is 153 Å². The van der Waals surface area contributed by atoms with Crippen LogP contribution in [-0.2, 0) is 130 Å². The van der Waals surface area contributed by atoms with E-state index in [1.165, 1.54) is 0 Å². The Labute approximate surface area is 447 Å². The summed E-state index contributed by atoms with van der Waals surface area (Å²) in [6, 6.07) is -7.37. The summed E-state index contributed by atoms with van der Waals surface area (Å²) in [6.07, 6.45) is -6.30. The fraction of sp³-hybridized carbons (Fsp3) is 1.00. The van der Waals surface area contributed by atoms with Gasteiger partial charge in [-0.2, -0.15) is 67.3 Å². The maximum absolute atomic E-state index is 12.3. The second-order valence-electron chi connectivity index (χ2n) is 17.8. The van der Waals surface area contributed by atoms with E-state index in [0.717, 1.165) is 0 Å². The van der Waals surface area contributed by atoms with E-state index in [4.69, 9.17) is 49.4 Å². The zero-order valence-corrected chi connectivity index (χ0v) is 53.8. The molecule has 8 bridgehead atoms. The van der Waals surface area contributed by atoms with Crippen molar-refractivity contribution in [2.75, 3.05) is 46.0 Å². The predicted molar refractivity (Wildman–Crippen MR) is 266 cm³/mol. The third-order valence-corrected chi connectivity index (χ3v) is 54.8. The lowest BCUT2D eigenvalue weighted by Crippen LogP contribution is -2.88. The van der Waals surface area contributed by atoms with Crippen molar-refractivity contribution in [1.29, 1.82) is 0 Å². The molecule has 52 heteroatoms. The molecule has 0 atom stereocenters. The first kappa shape index (κ1) is 67.3. The van der Waals surface area contributed by atoms with Crippen LogP contribution < -0.4 is 0 Å². The standard InChI is InChI=1S/C24H56O36S8Si8/c25-61(26,27)9-1-17-69-49-70(18-2-10-62(28,29)30)52-73(21-5-13-65(37,38)39)54-71(50-69,19-3-11-63(31,32)33)56-75(23-7-15-67(43,44)45)57-72(51-69,20-4-12-64(34,35)36)55-74(53-70,22-6-14-66(40,41)42)59-76(58-73,60-75)24-8-16-68(46,47)48/h1-24H2,(H,25,26,27)(H,28,29,30)(H,31,32,33)(H,34,35,36)(H,37,38,39)(H,40,41,42)(H,43,44,45)(H,46,47,48). The van der Waals surface area contributed by atoms with Gasteiger partial charge in [0.1, 0.15) is 0 Å². The molecule has 6 aliphatic heterocycles. The number of hydrogen-bond acceptors (Lipinski definition) is 28. The van der Waals surface area contributed by atoms with Gasteiger partial charge in [0.2, 0.25) is 0 Å². The number of rotatable bonds is 32. The van der Waals surface area contributed by atoms with Crippen LogP contribution in [0.3, 0.4) is 0 Å². The highest BCUT2D eigenvalue weighted by Gasteiger charge is 2.83. The molecule has 448 valence electrons. The van der Waals surface area contributed by atoms with Crippen molar-refractivity contribution >= 4 is 151 Å². The molecule has 8 N–H and O–H groups in total. The Hall–Kier alpha value is 0.535. The monoisotopic (exact) mass is 1400 g/mol. The summed E-state index contributed by atoms with van der Waals surface area (Å²) < 4.78 is 358. The fourth-order valence-electron chi connectivity index (χ4n) is 8.34. The van der Waals surface area contributed by atoms with Gasteiger partial charge in [-0.1, -0.05) is 0 Å². The summed E-state index contributed by atoms with van der Waals surface area (Å²) in [6.45, 7) is 0. The Morgan fingerprint density at radius 2 is 0.263 bits per heavy atom. The quantitative estimate of drug-likeness (QED) is 0.0266. The van der Waals surface area contributed by atoms with Crippen LogP contribution >= 0.6 is 0 Å². The topological polar surface area (TPSA) is 546 Å². The summed E-state index contributed by atoms with van der Waals surface area (Å²) in [5.41, 5.74) is 0. The minimum absolute atomic E-state index is 0.788. The summed E-state index contributed by atoms with van der Waals surface area (Å²) >= 11 is 0. The van der Waals surface area contributed by atoms with Crippen LogP contribution in [0.15, 0.2) is 0 Å². The van der Waals surface area contributed by atoms with Crippen LogP contribution in [0.5, 0.6) is 0 Å². The average Bonchev–Trinajstić information content (AvgIpc) is 3.10. The van der Waals surface area contributed by atoms with Gasteiger partial charge in [0.25, 0.3) is 80.9 Å². The average molecular weight is 1400 g/mol. The molecule has 0 radical (unpaired) electrons. The fourth-order valence-corrected chi connectivity index (χ4v) is 64.9. The molecule has 0 aromatic carbocycles. The molecule has 6 aliphatic rings. The predicted octanol–water partition coefficient (Wildman–Crippen LogP) is -2.01. The molecular weight excluding hydrogens is 1350 g/mol. The van der Waals surface area contributed by atoms with Crippen LogP contribution in [0, 0.1) is 0 Å².